The summed E-state index contributed by atoms with van der Waals surface area (Å²) in [5.74, 6) is 0. The second-order valence-corrected chi connectivity index (χ2v) is 7.37. The fourth-order valence-corrected chi connectivity index (χ4v) is 4.00. The fourth-order valence-electron chi connectivity index (χ4n) is 3.61. The summed E-state index contributed by atoms with van der Waals surface area (Å²) in [6, 6.07) is 27.2. The molecule has 0 aliphatic carbocycles. The molecule has 0 bridgehead atoms. The third-order valence-electron chi connectivity index (χ3n) is 4.84. The molecule has 3 heteroatoms. The molecule has 0 atom stereocenters. The highest BCUT2D eigenvalue weighted by atomic mass is 79.9. The van der Waals surface area contributed by atoms with Gasteiger partial charge < -0.3 is 0 Å². The minimum atomic E-state index is 0.933. The number of nitrogens with zero attached hydrogens (tertiary/aromatic N) is 2. The summed E-state index contributed by atoms with van der Waals surface area (Å²) in [5.41, 5.74) is 6.56. The molecule has 0 saturated carbocycles. The minimum absolute atomic E-state index is 0.933. The van der Waals surface area contributed by atoms with E-state index < -0.39 is 0 Å². The minimum Gasteiger partial charge on any atom is -0.254 e. The van der Waals surface area contributed by atoms with E-state index >= 15 is 0 Å². The van der Waals surface area contributed by atoms with Crippen LogP contribution in [0.3, 0.4) is 0 Å². The lowest BCUT2D eigenvalue weighted by Crippen LogP contribution is -1.90. The molecule has 0 aliphatic heterocycles. The lowest BCUT2D eigenvalue weighted by molar-refractivity contribution is 1.37. The molecule has 0 N–H and O–H groups in total. The molecule has 5 aromatic rings. The van der Waals surface area contributed by atoms with Crippen molar-refractivity contribution in [3.8, 4) is 22.3 Å². The zero-order chi connectivity index (χ0) is 18.2. The second-order valence-electron chi connectivity index (χ2n) is 6.45. The second kappa shape index (κ2) is 6.60. The van der Waals surface area contributed by atoms with Crippen LogP contribution in [-0.2, 0) is 0 Å². The van der Waals surface area contributed by atoms with Gasteiger partial charge in [0.25, 0.3) is 0 Å². The van der Waals surface area contributed by atoms with Crippen LogP contribution in [0.15, 0.2) is 95.7 Å². The number of benzene rings is 3. The molecule has 2 heterocycles. The third-order valence-corrected chi connectivity index (χ3v) is 5.33. The molecular weight excluding hydrogens is 396 g/mol. The van der Waals surface area contributed by atoms with Gasteiger partial charge in [-0.05, 0) is 46.5 Å². The number of rotatable bonds is 2. The monoisotopic (exact) mass is 410 g/mol. The van der Waals surface area contributed by atoms with Crippen LogP contribution in [0.2, 0.25) is 0 Å². The Morgan fingerprint density at radius 3 is 1.78 bits per heavy atom. The summed E-state index contributed by atoms with van der Waals surface area (Å²) in [6.07, 6.45) is 3.74. The molecule has 2 nitrogen and oxygen atoms in total. The standard InChI is InChI=1S/C24H15BrN2/c25-18-8-4-7-17(15-18)20-12-14-27-24-22(20)10-9-21-19(11-13-26-23(21)24)16-5-2-1-3-6-16/h1-15H. The van der Waals surface area contributed by atoms with E-state index in [0.29, 0.717) is 0 Å². The number of halogens is 1. The molecule has 0 saturated heterocycles. The summed E-state index contributed by atoms with van der Waals surface area (Å²) < 4.78 is 1.07. The first-order valence-electron chi connectivity index (χ1n) is 8.79. The van der Waals surface area contributed by atoms with Crippen LogP contribution in [0.1, 0.15) is 0 Å². The Kier molecular flexibility index (Phi) is 3.95. The number of fused-ring (bicyclic) bond motifs is 3. The number of pyridine rings is 2. The summed E-state index contributed by atoms with van der Waals surface area (Å²) in [5, 5.41) is 2.23. The van der Waals surface area contributed by atoms with Gasteiger partial charge in [0, 0.05) is 27.6 Å². The molecule has 27 heavy (non-hydrogen) atoms. The molecule has 0 radical (unpaired) electrons. The van der Waals surface area contributed by atoms with E-state index in [4.69, 9.17) is 0 Å². The Morgan fingerprint density at radius 2 is 1.15 bits per heavy atom. The van der Waals surface area contributed by atoms with Crippen LogP contribution in [0.5, 0.6) is 0 Å². The molecule has 5 rings (SSSR count). The first-order chi connectivity index (χ1) is 13.3. The van der Waals surface area contributed by atoms with E-state index in [0.717, 1.165) is 37.4 Å². The average Bonchev–Trinajstić information content (AvgIpc) is 2.73. The summed E-state index contributed by atoms with van der Waals surface area (Å²) >= 11 is 3.57. The summed E-state index contributed by atoms with van der Waals surface area (Å²) in [6.45, 7) is 0. The Hall–Kier alpha value is -3.04. The lowest BCUT2D eigenvalue weighted by Gasteiger charge is -2.11. The van der Waals surface area contributed by atoms with E-state index in [2.05, 4.69) is 92.6 Å². The van der Waals surface area contributed by atoms with Crippen molar-refractivity contribution in [2.45, 2.75) is 0 Å². The largest absolute Gasteiger partial charge is 0.254 e. The zero-order valence-corrected chi connectivity index (χ0v) is 16.0. The molecule has 0 aliphatic rings. The normalized spacial score (nSPS) is 11.1. The molecule has 0 fully saturated rings. The average molecular weight is 411 g/mol. The predicted octanol–water partition coefficient (Wildman–Crippen LogP) is 6.88. The maximum Gasteiger partial charge on any atom is 0.0970 e. The van der Waals surface area contributed by atoms with Crippen LogP contribution < -0.4 is 0 Å². The molecule has 0 spiro atoms. The van der Waals surface area contributed by atoms with Crippen molar-refractivity contribution in [1.82, 2.24) is 9.97 Å². The van der Waals surface area contributed by atoms with Crippen LogP contribution in [0.4, 0.5) is 0 Å². The van der Waals surface area contributed by atoms with Gasteiger partial charge in [-0.3, -0.25) is 9.97 Å². The van der Waals surface area contributed by atoms with Crippen LogP contribution in [0, 0.1) is 0 Å². The van der Waals surface area contributed by atoms with E-state index in [9.17, 15) is 0 Å². The van der Waals surface area contributed by atoms with Crippen molar-refractivity contribution >= 4 is 37.7 Å². The highest BCUT2D eigenvalue weighted by Crippen LogP contribution is 2.35. The Balaban J connectivity index is 1.81. The fraction of sp³-hybridized carbons (Fsp3) is 0. The molecular formula is C24H15BrN2. The zero-order valence-electron chi connectivity index (χ0n) is 14.4. The highest BCUT2D eigenvalue weighted by molar-refractivity contribution is 9.10. The molecule has 128 valence electrons. The van der Waals surface area contributed by atoms with E-state index in [1.165, 1.54) is 11.1 Å². The summed E-state index contributed by atoms with van der Waals surface area (Å²) in [4.78, 5) is 9.35. The molecule has 0 amide bonds. The van der Waals surface area contributed by atoms with Gasteiger partial charge in [-0.1, -0.05) is 70.5 Å². The number of hydrogen-bond acceptors (Lipinski definition) is 2. The molecule has 0 unspecified atom stereocenters. The van der Waals surface area contributed by atoms with Crippen molar-refractivity contribution in [1.29, 1.82) is 0 Å². The first kappa shape index (κ1) is 16.2. The maximum atomic E-state index is 4.68. The molecule has 2 aromatic heterocycles. The Bertz CT molecular complexity index is 1280. The third kappa shape index (κ3) is 2.81. The first-order valence-corrected chi connectivity index (χ1v) is 9.58. The van der Waals surface area contributed by atoms with Crippen molar-refractivity contribution in [2.75, 3.05) is 0 Å². The predicted molar refractivity (Wildman–Crippen MR) is 116 cm³/mol. The SMILES string of the molecule is Brc1cccc(-c2ccnc3c2ccc2c(-c4ccccc4)ccnc23)c1. The Morgan fingerprint density at radius 1 is 0.556 bits per heavy atom. The van der Waals surface area contributed by atoms with Gasteiger partial charge in [0.1, 0.15) is 0 Å². The maximum absolute atomic E-state index is 4.68. The summed E-state index contributed by atoms with van der Waals surface area (Å²) in [7, 11) is 0. The smallest absolute Gasteiger partial charge is 0.0970 e. The van der Waals surface area contributed by atoms with Crippen LogP contribution in [-0.4, -0.2) is 9.97 Å². The quantitative estimate of drug-likeness (QED) is 0.296. The van der Waals surface area contributed by atoms with Gasteiger partial charge in [-0.25, -0.2) is 0 Å². The Labute approximate surface area is 165 Å². The van der Waals surface area contributed by atoms with E-state index in [-0.39, 0.29) is 0 Å². The van der Waals surface area contributed by atoms with Gasteiger partial charge >= 0.3 is 0 Å². The highest BCUT2D eigenvalue weighted by Gasteiger charge is 2.11. The van der Waals surface area contributed by atoms with Gasteiger partial charge in [0.2, 0.25) is 0 Å². The lowest BCUT2D eigenvalue weighted by atomic mass is 9.97. The number of hydrogen-bond donors (Lipinski definition) is 0. The van der Waals surface area contributed by atoms with Crippen molar-refractivity contribution < 1.29 is 0 Å². The topological polar surface area (TPSA) is 25.8 Å². The van der Waals surface area contributed by atoms with Gasteiger partial charge in [-0.2, -0.15) is 0 Å². The van der Waals surface area contributed by atoms with E-state index in [1.54, 1.807) is 0 Å². The van der Waals surface area contributed by atoms with Gasteiger partial charge in [0.15, 0.2) is 0 Å². The number of aromatic nitrogens is 2. The van der Waals surface area contributed by atoms with Crippen LogP contribution in [0.25, 0.3) is 44.1 Å². The van der Waals surface area contributed by atoms with Crippen molar-refractivity contribution in [3.05, 3.63) is 95.7 Å². The molecule has 3 aromatic carbocycles. The van der Waals surface area contributed by atoms with Gasteiger partial charge in [-0.15, -0.1) is 0 Å². The van der Waals surface area contributed by atoms with Crippen LogP contribution >= 0.6 is 15.9 Å². The van der Waals surface area contributed by atoms with E-state index in [1.807, 2.05) is 24.5 Å². The van der Waals surface area contributed by atoms with Crippen molar-refractivity contribution in [2.24, 2.45) is 0 Å². The van der Waals surface area contributed by atoms with Crippen molar-refractivity contribution in [3.63, 3.8) is 0 Å². The van der Waals surface area contributed by atoms with Gasteiger partial charge in [0.05, 0.1) is 11.0 Å².